The summed E-state index contributed by atoms with van der Waals surface area (Å²) in [6.07, 6.45) is 0. The Morgan fingerprint density at radius 1 is 1.21 bits per heavy atom. The molecular weight excluding hydrogens is 254 g/mol. The van der Waals surface area contributed by atoms with E-state index in [-0.39, 0.29) is 0 Å². The molecule has 0 radical (unpaired) electrons. The van der Waals surface area contributed by atoms with Crippen molar-refractivity contribution >= 4 is 11.9 Å². The first-order chi connectivity index (χ1) is 8.99. The lowest BCUT2D eigenvalue weighted by Gasteiger charge is -2.15. The van der Waals surface area contributed by atoms with Gasteiger partial charge in [0.15, 0.2) is 11.5 Å². The van der Waals surface area contributed by atoms with E-state index >= 15 is 0 Å². The van der Waals surface area contributed by atoms with Gasteiger partial charge in [0.25, 0.3) is 0 Å². The van der Waals surface area contributed by atoms with Crippen molar-refractivity contribution in [2.24, 2.45) is 0 Å². The SMILES string of the molecule is COc1ccc(C(NCC(=O)O)C(=O)O)cc1OC. The minimum atomic E-state index is -1.17. The zero-order chi connectivity index (χ0) is 14.4. The lowest BCUT2D eigenvalue weighted by atomic mass is 10.1. The molecule has 7 heteroatoms. The quantitative estimate of drug-likeness (QED) is 0.662. The zero-order valence-corrected chi connectivity index (χ0v) is 10.5. The zero-order valence-electron chi connectivity index (χ0n) is 10.5. The predicted molar refractivity (Wildman–Crippen MR) is 65.6 cm³/mol. The summed E-state index contributed by atoms with van der Waals surface area (Å²) in [5.74, 6) is -1.46. The molecular formula is C12H15NO6. The lowest BCUT2D eigenvalue weighted by molar-refractivity contribution is -0.140. The van der Waals surface area contributed by atoms with Crippen molar-refractivity contribution in [1.82, 2.24) is 5.32 Å². The van der Waals surface area contributed by atoms with Gasteiger partial charge in [0.05, 0.1) is 20.8 Å². The standard InChI is InChI=1S/C12H15NO6/c1-18-8-4-3-7(5-9(8)19-2)11(12(16)17)13-6-10(14)15/h3-5,11,13H,6H2,1-2H3,(H,14,15)(H,16,17). The Balaban J connectivity index is 3.02. The summed E-state index contributed by atoms with van der Waals surface area (Å²) in [6.45, 7) is -0.453. The van der Waals surface area contributed by atoms with Gasteiger partial charge in [0.1, 0.15) is 6.04 Å². The van der Waals surface area contributed by atoms with Crippen LogP contribution in [0, 0.1) is 0 Å². The van der Waals surface area contributed by atoms with Crippen molar-refractivity contribution in [3.63, 3.8) is 0 Å². The van der Waals surface area contributed by atoms with E-state index in [1.165, 1.54) is 26.4 Å². The van der Waals surface area contributed by atoms with E-state index in [0.717, 1.165) is 0 Å². The van der Waals surface area contributed by atoms with Gasteiger partial charge in [-0.05, 0) is 17.7 Å². The highest BCUT2D eigenvalue weighted by atomic mass is 16.5. The minimum absolute atomic E-state index is 0.378. The van der Waals surface area contributed by atoms with Crippen molar-refractivity contribution in [1.29, 1.82) is 0 Å². The molecule has 1 aromatic carbocycles. The van der Waals surface area contributed by atoms with Crippen LogP contribution < -0.4 is 14.8 Å². The van der Waals surface area contributed by atoms with Gasteiger partial charge in [-0.2, -0.15) is 0 Å². The number of methoxy groups -OCH3 is 2. The molecule has 0 heterocycles. The molecule has 1 atom stereocenters. The summed E-state index contributed by atoms with van der Waals surface area (Å²) in [4.78, 5) is 21.6. The van der Waals surface area contributed by atoms with Gasteiger partial charge in [-0.15, -0.1) is 0 Å². The number of hydrogen-bond acceptors (Lipinski definition) is 5. The number of hydrogen-bond donors (Lipinski definition) is 3. The first-order valence-corrected chi connectivity index (χ1v) is 5.39. The second kappa shape index (κ2) is 6.60. The molecule has 0 aliphatic heterocycles. The number of nitrogens with one attached hydrogen (secondary N) is 1. The van der Waals surface area contributed by atoms with E-state index in [2.05, 4.69) is 5.32 Å². The molecule has 7 nitrogen and oxygen atoms in total. The van der Waals surface area contributed by atoms with Crippen LogP contribution >= 0.6 is 0 Å². The van der Waals surface area contributed by atoms with Crippen molar-refractivity contribution in [3.8, 4) is 11.5 Å². The number of carboxylic acid groups (broad SMARTS) is 2. The third-order valence-corrected chi connectivity index (χ3v) is 2.45. The molecule has 104 valence electrons. The average Bonchev–Trinajstić information content (AvgIpc) is 2.37. The third-order valence-electron chi connectivity index (χ3n) is 2.45. The van der Waals surface area contributed by atoms with Gasteiger partial charge < -0.3 is 19.7 Å². The van der Waals surface area contributed by atoms with Gasteiger partial charge in [0.2, 0.25) is 0 Å². The van der Waals surface area contributed by atoms with Crippen molar-refractivity contribution < 1.29 is 29.3 Å². The number of carboxylic acids is 2. The largest absolute Gasteiger partial charge is 0.493 e. The molecule has 0 fully saturated rings. The summed E-state index contributed by atoms with van der Waals surface area (Å²) in [6, 6.07) is 3.46. The van der Waals surface area contributed by atoms with E-state index < -0.39 is 24.5 Å². The molecule has 0 spiro atoms. The summed E-state index contributed by atoms with van der Waals surface area (Å²) in [5, 5.41) is 20.1. The monoisotopic (exact) mass is 269 g/mol. The lowest BCUT2D eigenvalue weighted by Crippen LogP contribution is -2.32. The second-order valence-electron chi connectivity index (χ2n) is 3.66. The van der Waals surface area contributed by atoms with E-state index in [1.807, 2.05) is 0 Å². The van der Waals surface area contributed by atoms with Gasteiger partial charge >= 0.3 is 11.9 Å². The fourth-order valence-corrected chi connectivity index (χ4v) is 1.57. The maximum absolute atomic E-state index is 11.1. The van der Waals surface area contributed by atoms with Gasteiger partial charge in [-0.25, -0.2) is 0 Å². The molecule has 0 saturated carbocycles. The van der Waals surface area contributed by atoms with Crippen LogP contribution in [0.4, 0.5) is 0 Å². The molecule has 0 aliphatic rings. The molecule has 0 aliphatic carbocycles. The fourth-order valence-electron chi connectivity index (χ4n) is 1.57. The third kappa shape index (κ3) is 3.85. The number of carbonyl (C=O) groups is 2. The maximum atomic E-state index is 11.1. The smallest absolute Gasteiger partial charge is 0.325 e. The minimum Gasteiger partial charge on any atom is -0.493 e. The summed E-state index contributed by atoms with van der Waals surface area (Å²) in [7, 11) is 2.90. The molecule has 19 heavy (non-hydrogen) atoms. The Kier molecular flexibility index (Phi) is 5.13. The fraction of sp³-hybridized carbons (Fsp3) is 0.333. The highest BCUT2D eigenvalue weighted by molar-refractivity contribution is 5.77. The number of ether oxygens (including phenoxy) is 2. The van der Waals surface area contributed by atoms with Crippen LogP contribution in [0.2, 0.25) is 0 Å². The van der Waals surface area contributed by atoms with Crippen molar-refractivity contribution in [2.75, 3.05) is 20.8 Å². The number of benzene rings is 1. The predicted octanol–water partition coefficient (Wildman–Crippen LogP) is 0.504. The first-order valence-electron chi connectivity index (χ1n) is 5.39. The van der Waals surface area contributed by atoms with E-state index in [9.17, 15) is 9.59 Å². The Morgan fingerprint density at radius 3 is 2.32 bits per heavy atom. The summed E-state index contributed by atoms with van der Waals surface area (Å²) < 4.78 is 10.1. The highest BCUT2D eigenvalue weighted by Crippen LogP contribution is 2.30. The van der Waals surface area contributed by atoms with Crippen LogP contribution in [0.5, 0.6) is 11.5 Å². The second-order valence-corrected chi connectivity index (χ2v) is 3.66. The molecule has 0 saturated heterocycles. The van der Waals surface area contributed by atoms with Crippen molar-refractivity contribution in [2.45, 2.75) is 6.04 Å². The topological polar surface area (TPSA) is 105 Å². The Labute approximate surface area is 109 Å². The van der Waals surface area contributed by atoms with Gasteiger partial charge in [-0.3, -0.25) is 14.9 Å². The van der Waals surface area contributed by atoms with Crippen molar-refractivity contribution in [3.05, 3.63) is 23.8 Å². The van der Waals surface area contributed by atoms with E-state index in [1.54, 1.807) is 6.07 Å². The summed E-state index contributed by atoms with van der Waals surface area (Å²) >= 11 is 0. The number of aliphatic carboxylic acids is 2. The Bertz CT molecular complexity index is 473. The highest BCUT2D eigenvalue weighted by Gasteiger charge is 2.21. The normalized spacial score (nSPS) is 11.7. The van der Waals surface area contributed by atoms with Crippen LogP contribution in [-0.2, 0) is 9.59 Å². The molecule has 0 bridgehead atoms. The van der Waals surface area contributed by atoms with E-state index in [0.29, 0.717) is 17.1 Å². The van der Waals surface area contributed by atoms with Crippen LogP contribution in [0.25, 0.3) is 0 Å². The number of rotatable bonds is 7. The maximum Gasteiger partial charge on any atom is 0.325 e. The average molecular weight is 269 g/mol. The molecule has 1 rings (SSSR count). The van der Waals surface area contributed by atoms with Crippen LogP contribution in [0.15, 0.2) is 18.2 Å². The van der Waals surface area contributed by atoms with Crippen LogP contribution in [0.1, 0.15) is 11.6 Å². The molecule has 0 amide bonds. The summed E-state index contributed by atoms with van der Waals surface area (Å²) in [5.41, 5.74) is 0.381. The molecule has 1 aromatic rings. The molecule has 3 N–H and O–H groups in total. The van der Waals surface area contributed by atoms with Crippen LogP contribution in [-0.4, -0.2) is 42.9 Å². The Hall–Kier alpha value is -2.28. The van der Waals surface area contributed by atoms with Gasteiger partial charge in [0, 0.05) is 0 Å². The molecule has 0 aromatic heterocycles. The van der Waals surface area contributed by atoms with E-state index in [4.69, 9.17) is 19.7 Å². The van der Waals surface area contributed by atoms with Crippen LogP contribution in [0.3, 0.4) is 0 Å². The van der Waals surface area contributed by atoms with Gasteiger partial charge in [-0.1, -0.05) is 6.07 Å². The molecule has 1 unspecified atom stereocenters. The Morgan fingerprint density at radius 2 is 1.84 bits per heavy atom. The first kappa shape index (κ1) is 14.8.